The van der Waals surface area contributed by atoms with Crippen LogP contribution in [0.2, 0.25) is 0 Å². The number of aliphatic hydroxyl groups excluding tert-OH is 3. The summed E-state index contributed by atoms with van der Waals surface area (Å²) < 4.78 is 10.7. The number of aliphatic carboxylic acids is 1. The lowest BCUT2D eigenvalue weighted by atomic mass is 9.96. The molecule has 1 heterocycles. The molecule has 1 aliphatic heterocycles. The largest absolute Gasteiger partial charge is 0.480 e. The monoisotopic (exact) mass is 620 g/mol. The van der Waals surface area contributed by atoms with Crippen LogP contribution in [-0.2, 0) is 38.2 Å². The smallest absolute Gasteiger partial charge is 0.320 e. The summed E-state index contributed by atoms with van der Waals surface area (Å²) in [5, 5.41) is 48.6. The first-order valence-corrected chi connectivity index (χ1v) is 13.8. The Morgan fingerprint density at radius 3 is 2.21 bits per heavy atom. The number of amides is 5. The average Bonchev–Trinajstić information content (AvgIpc) is 2.93. The van der Waals surface area contributed by atoms with Crippen LogP contribution in [0.3, 0.4) is 0 Å². The molecule has 0 radical (unpaired) electrons. The number of primary amides is 1. The zero-order chi connectivity index (χ0) is 32.9. The van der Waals surface area contributed by atoms with E-state index in [1.807, 2.05) is 0 Å². The summed E-state index contributed by atoms with van der Waals surface area (Å²) in [6.45, 7) is 3.34. The Morgan fingerprint density at radius 2 is 1.65 bits per heavy atom. The number of aliphatic hydroxyl groups is 3. The highest BCUT2D eigenvalue weighted by molar-refractivity contribution is 5.92. The molecular weight excluding hydrogens is 576 g/mol. The summed E-state index contributed by atoms with van der Waals surface area (Å²) in [4.78, 5) is 71.6. The van der Waals surface area contributed by atoms with Crippen molar-refractivity contribution in [1.82, 2.24) is 21.3 Å². The number of carboxylic acids is 1. The zero-order valence-corrected chi connectivity index (χ0v) is 24.4. The molecule has 0 saturated carbocycles. The van der Waals surface area contributed by atoms with Crippen molar-refractivity contribution in [3.05, 3.63) is 0 Å². The topological polar surface area (TPSA) is 302 Å². The third-order valence-electron chi connectivity index (χ3n) is 6.63. The number of rotatable bonds is 18. The van der Waals surface area contributed by atoms with E-state index in [9.17, 15) is 44.1 Å². The molecule has 0 spiro atoms. The Hall–Kier alpha value is -3.42. The minimum Gasteiger partial charge on any atom is -0.480 e. The van der Waals surface area contributed by atoms with Gasteiger partial charge in [0.15, 0.2) is 6.29 Å². The van der Waals surface area contributed by atoms with Gasteiger partial charge in [-0.1, -0.05) is 0 Å². The minimum absolute atomic E-state index is 0.127. The summed E-state index contributed by atoms with van der Waals surface area (Å²) in [5.41, 5.74) is 10.8. The SMILES string of the molecule is CC(=O)N[C@H]1C(O)O[C@H](CO)[C@@H](O)[C@@H]1OC(C)C(=O)NC(C)C(=O)NC(CCC(=O)NCCCCC(N)C(=O)O)C(N)=O. The average molecular weight is 621 g/mol. The number of hydrogen-bond acceptors (Lipinski definition) is 12. The summed E-state index contributed by atoms with van der Waals surface area (Å²) in [6.07, 6.45) is -6.22. The molecule has 18 nitrogen and oxygen atoms in total. The molecule has 5 amide bonds. The van der Waals surface area contributed by atoms with Gasteiger partial charge in [0.25, 0.3) is 0 Å². The summed E-state index contributed by atoms with van der Waals surface area (Å²) in [6, 6.07) is -4.69. The van der Waals surface area contributed by atoms with Crippen molar-refractivity contribution < 1.29 is 58.7 Å². The van der Waals surface area contributed by atoms with E-state index in [1.165, 1.54) is 13.8 Å². The highest BCUT2D eigenvalue weighted by Gasteiger charge is 2.47. The van der Waals surface area contributed by atoms with Crippen molar-refractivity contribution in [3.8, 4) is 0 Å². The molecule has 5 unspecified atom stereocenters. The highest BCUT2D eigenvalue weighted by Crippen LogP contribution is 2.23. The van der Waals surface area contributed by atoms with E-state index in [4.69, 9.17) is 26.0 Å². The number of carbonyl (C=O) groups is 6. The van der Waals surface area contributed by atoms with Gasteiger partial charge in [-0.2, -0.15) is 0 Å². The molecule has 0 aromatic heterocycles. The molecule has 0 aromatic carbocycles. The Morgan fingerprint density at radius 1 is 1.00 bits per heavy atom. The number of carboxylic acid groups (broad SMARTS) is 1. The predicted octanol–water partition coefficient (Wildman–Crippen LogP) is -4.71. The zero-order valence-electron chi connectivity index (χ0n) is 24.4. The number of ether oxygens (including phenoxy) is 2. The van der Waals surface area contributed by atoms with Gasteiger partial charge in [0.1, 0.15) is 48.6 Å². The molecule has 1 fully saturated rings. The lowest BCUT2D eigenvalue weighted by Crippen LogP contribution is -2.65. The fourth-order valence-corrected chi connectivity index (χ4v) is 4.12. The first kappa shape index (κ1) is 37.6. The third-order valence-corrected chi connectivity index (χ3v) is 6.63. The molecule has 18 heteroatoms. The molecule has 1 rings (SSSR count). The van der Waals surface area contributed by atoms with Crippen molar-refractivity contribution in [2.45, 2.75) is 108 Å². The van der Waals surface area contributed by atoms with Crippen LogP contribution >= 0.6 is 0 Å². The number of hydrogen-bond donors (Lipinski definition) is 10. The number of nitrogens with one attached hydrogen (secondary N) is 4. The number of nitrogens with two attached hydrogens (primary N) is 2. The minimum atomic E-state index is -1.66. The van der Waals surface area contributed by atoms with Gasteiger partial charge >= 0.3 is 5.97 Å². The maximum Gasteiger partial charge on any atom is 0.320 e. The van der Waals surface area contributed by atoms with Crippen LogP contribution in [0.1, 0.15) is 52.9 Å². The van der Waals surface area contributed by atoms with Gasteiger partial charge in [0.05, 0.1) is 6.61 Å². The van der Waals surface area contributed by atoms with Crippen LogP contribution in [0.5, 0.6) is 0 Å². The second-order valence-corrected chi connectivity index (χ2v) is 10.2. The highest BCUT2D eigenvalue weighted by atomic mass is 16.6. The molecule has 0 aliphatic carbocycles. The van der Waals surface area contributed by atoms with Crippen molar-refractivity contribution in [2.75, 3.05) is 13.2 Å². The van der Waals surface area contributed by atoms with Gasteiger partial charge in [0, 0.05) is 19.9 Å². The van der Waals surface area contributed by atoms with Gasteiger partial charge in [-0.3, -0.25) is 28.8 Å². The van der Waals surface area contributed by atoms with E-state index in [1.54, 1.807) is 0 Å². The van der Waals surface area contributed by atoms with E-state index in [0.29, 0.717) is 12.8 Å². The molecule has 9 atom stereocenters. The third kappa shape index (κ3) is 12.8. The van der Waals surface area contributed by atoms with Crippen LogP contribution in [0.15, 0.2) is 0 Å². The van der Waals surface area contributed by atoms with Crippen molar-refractivity contribution in [3.63, 3.8) is 0 Å². The summed E-state index contributed by atoms with van der Waals surface area (Å²) in [7, 11) is 0. The summed E-state index contributed by atoms with van der Waals surface area (Å²) >= 11 is 0. The second kappa shape index (κ2) is 18.3. The molecule has 12 N–H and O–H groups in total. The maximum absolute atomic E-state index is 12.7. The quantitative estimate of drug-likeness (QED) is 0.0645. The number of unbranched alkanes of at least 4 members (excludes halogenated alkanes) is 1. The molecular formula is C25H44N6O12. The van der Waals surface area contributed by atoms with Gasteiger partial charge < -0.3 is 62.6 Å². The Bertz CT molecular complexity index is 984. The van der Waals surface area contributed by atoms with Crippen molar-refractivity contribution in [1.29, 1.82) is 0 Å². The van der Waals surface area contributed by atoms with Crippen molar-refractivity contribution in [2.24, 2.45) is 11.5 Å². The normalized spacial score (nSPS) is 24.5. The second-order valence-electron chi connectivity index (χ2n) is 10.2. The van der Waals surface area contributed by atoms with E-state index >= 15 is 0 Å². The molecule has 0 bridgehead atoms. The summed E-state index contributed by atoms with van der Waals surface area (Å²) in [5.74, 6) is -4.64. The predicted molar refractivity (Wildman–Crippen MR) is 146 cm³/mol. The lowest BCUT2D eigenvalue weighted by molar-refractivity contribution is -0.266. The molecule has 1 aliphatic rings. The Balaban J connectivity index is 2.62. The molecule has 0 aromatic rings. The number of carbonyl (C=O) groups excluding carboxylic acids is 5. The first-order valence-electron chi connectivity index (χ1n) is 13.8. The van der Waals surface area contributed by atoms with Gasteiger partial charge in [-0.25, -0.2) is 0 Å². The van der Waals surface area contributed by atoms with Gasteiger partial charge in [-0.15, -0.1) is 0 Å². The van der Waals surface area contributed by atoms with E-state index in [2.05, 4.69) is 21.3 Å². The van der Waals surface area contributed by atoms with Crippen LogP contribution < -0.4 is 32.7 Å². The van der Waals surface area contributed by atoms with E-state index in [-0.39, 0.29) is 25.8 Å². The molecule has 246 valence electrons. The van der Waals surface area contributed by atoms with Crippen LogP contribution in [-0.4, -0.2) is 124 Å². The lowest BCUT2D eigenvalue weighted by Gasteiger charge is -2.43. The fraction of sp³-hybridized carbons (Fsp3) is 0.760. The maximum atomic E-state index is 12.7. The van der Waals surface area contributed by atoms with Gasteiger partial charge in [-0.05, 0) is 39.5 Å². The standard InChI is InChI=1S/C25H44N6O12/c1-11(22(37)31-15(21(27)36)7-8-17(34)28-9-5-4-6-14(26)24(39)40)29-23(38)12(2)42-20-18(30-13(3)33)25(41)43-16(10-32)19(20)35/h11-12,14-16,18-20,25,32,35,41H,4-10,26H2,1-3H3,(H2,27,36)(H,28,34)(H,29,38)(H,30,33)(H,31,37)(H,39,40)/t11?,12?,14?,15?,16-,18-,19-,20-,25?/m1/s1. The van der Waals surface area contributed by atoms with Crippen molar-refractivity contribution >= 4 is 35.5 Å². The van der Waals surface area contributed by atoms with E-state index < -0.39 is 97.0 Å². The molecule has 43 heavy (non-hydrogen) atoms. The Kier molecular flexibility index (Phi) is 16.0. The van der Waals surface area contributed by atoms with Crippen LogP contribution in [0.4, 0.5) is 0 Å². The molecule has 1 saturated heterocycles. The van der Waals surface area contributed by atoms with Crippen LogP contribution in [0.25, 0.3) is 0 Å². The van der Waals surface area contributed by atoms with Crippen LogP contribution in [0, 0.1) is 0 Å². The fourth-order valence-electron chi connectivity index (χ4n) is 4.12. The first-order chi connectivity index (χ1) is 20.1. The van der Waals surface area contributed by atoms with E-state index in [0.717, 1.165) is 6.92 Å². The van der Waals surface area contributed by atoms with Gasteiger partial charge in [0.2, 0.25) is 29.5 Å². The Labute approximate surface area is 248 Å².